The Kier molecular flexibility index (Phi) is 2.92. The molecule has 0 aromatic rings. The predicted octanol–water partition coefficient (Wildman–Crippen LogP) is -0.986. The molecule has 5 nitrogen and oxygen atoms in total. The maximum Gasteiger partial charge on any atom is 0.239 e. The summed E-state index contributed by atoms with van der Waals surface area (Å²) in [4.78, 5) is 12.8. The first-order chi connectivity index (χ1) is 5.94. The molecule has 1 aliphatic heterocycles. The molecule has 6 heteroatoms. The van der Waals surface area contributed by atoms with Gasteiger partial charge in [-0.05, 0) is 13.0 Å². The van der Waals surface area contributed by atoms with Gasteiger partial charge in [0.05, 0.1) is 0 Å². The maximum absolute atomic E-state index is 11.3. The molecular weight excluding hydrogens is 192 g/mol. The lowest BCUT2D eigenvalue weighted by Gasteiger charge is -2.37. The summed E-state index contributed by atoms with van der Waals surface area (Å²) in [7, 11) is -2.09. The summed E-state index contributed by atoms with van der Waals surface area (Å²) in [5, 5.41) is 0. The number of hydrogen-bond acceptors (Lipinski definition) is 3. The van der Waals surface area contributed by atoms with E-state index in [4.69, 9.17) is 0 Å². The molecule has 1 heterocycles. The number of carbonyl (C=O) groups is 1. The summed E-state index contributed by atoms with van der Waals surface area (Å²) in [5.41, 5.74) is 0. The van der Waals surface area contributed by atoms with E-state index in [1.165, 1.54) is 7.05 Å². The van der Waals surface area contributed by atoms with Crippen LogP contribution in [0.1, 0.15) is 6.92 Å². The Morgan fingerprint density at radius 2 is 2.08 bits per heavy atom. The summed E-state index contributed by atoms with van der Waals surface area (Å²) in [5.74, 6) is -0.246. The fraction of sp³-hybridized carbons (Fsp3) is 0.857. The van der Waals surface area contributed by atoms with Crippen LogP contribution in [0.5, 0.6) is 0 Å². The molecule has 1 rings (SSSR count). The zero-order valence-corrected chi connectivity index (χ0v) is 8.60. The van der Waals surface area contributed by atoms with E-state index in [-0.39, 0.29) is 5.91 Å². The minimum absolute atomic E-state index is 0.313. The van der Waals surface area contributed by atoms with E-state index in [1.807, 2.05) is 6.92 Å². The molecule has 0 radical (unpaired) electrons. The predicted molar refractivity (Wildman–Crippen MR) is 48.6 cm³/mol. The molecule has 0 atom stereocenters. The number of likely N-dealkylation sites (tertiary alicyclic amines) is 1. The Hall–Kier alpha value is -0.620. The molecule has 0 unspecified atom stereocenters. The van der Waals surface area contributed by atoms with Crippen LogP contribution in [0.2, 0.25) is 0 Å². The van der Waals surface area contributed by atoms with Crippen LogP contribution in [0.25, 0.3) is 0 Å². The van der Waals surface area contributed by atoms with Crippen molar-refractivity contribution in [2.75, 3.05) is 25.9 Å². The van der Waals surface area contributed by atoms with Gasteiger partial charge in [-0.2, -0.15) is 0 Å². The number of amides is 1. The summed E-state index contributed by atoms with van der Waals surface area (Å²) < 4.78 is 24.1. The number of nitrogens with one attached hydrogen (secondary N) is 1. The van der Waals surface area contributed by atoms with Gasteiger partial charge in [0.1, 0.15) is 5.75 Å². The first kappa shape index (κ1) is 10.5. The van der Waals surface area contributed by atoms with Crippen molar-refractivity contribution in [1.29, 1.82) is 0 Å². The first-order valence-electron chi connectivity index (χ1n) is 4.13. The molecule has 1 fully saturated rings. The highest BCUT2D eigenvalue weighted by atomic mass is 32.2. The van der Waals surface area contributed by atoms with E-state index >= 15 is 0 Å². The summed E-state index contributed by atoms with van der Waals surface area (Å²) in [6, 6.07) is 0. The van der Waals surface area contributed by atoms with Crippen LogP contribution in [-0.4, -0.2) is 45.1 Å². The molecule has 0 bridgehead atoms. The Bertz CT molecular complexity index is 293. The minimum atomic E-state index is -3.40. The van der Waals surface area contributed by atoms with Gasteiger partial charge in [-0.3, -0.25) is 4.79 Å². The Balaban J connectivity index is 2.43. The zero-order chi connectivity index (χ0) is 10.1. The third-order valence-electron chi connectivity index (χ3n) is 2.04. The van der Waals surface area contributed by atoms with Gasteiger partial charge in [-0.1, -0.05) is 6.92 Å². The highest BCUT2D eigenvalue weighted by Crippen LogP contribution is 2.14. The Labute approximate surface area is 78.2 Å². The number of hydrogen-bond donors (Lipinski definition) is 1. The van der Waals surface area contributed by atoms with Gasteiger partial charge in [0.15, 0.2) is 0 Å². The van der Waals surface area contributed by atoms with Gasteiger partial charge in [0, 0.05) is 13.1 Å². The van der Waals surface area contributed by atoms with E-state index in [1.54, 1.807) is 4.90 Å². The summed E-state index contributed by atoms with van der Waals surface area (Å²) in [6.07, 6.45) is 0. The van der Waals surface area contributed by atoms with Gasteiger partial charge in [0.2, 0.25) is 15.9 Å². The van der Waals surface area contributed by atoms with Crippen molar-refractivity contribution in [1.82, 2.24) is 9.62 Å². The second-order valence-corrected chi connectivity index (χ2v) is 5.29. The molecule has 0 spiro atoms. The van der Waals surface area contributed by atoms with Crippen LogP contribution >= 0.6 is 0 Å². The smallest absolute Gasteiger partial charge is 0.239 e. The first-order valence-corrected chi connectivity index (χ1v) is 5.79. The number of sulfonamides is 1. The molecule has 1 saturated heterocycles. The molecule has 0 aromatic heterocycles. The highest BCUT2D eigenvalue weighted by Gasteiger charge is 2.29. The normalized spacial score (nSPS) is 18.5. The van der Waals surface area contributed by atoms with E-state index in [2.05, 4.69) is 4.72 Å². The minimum Gasteiger partial charge on any atom is -0.341 e. The van der Waals surface area contributed by atoms with Gasteiger partial charge >= 0.3 is 0 Å². The van der Waals surface area contributed by atoms with E-state index in [0.717, 1.165) is 0 Å². The molecule has 1 N–H and O–H groups in total. The molecular formula is C7H14N2O3S. The van der Waals surface area contributed by atoms with E-state index in [0.29, 0.717) is 19.0 Å². The van der Waals surface area contributed by atoms with E-state index < -0.39 is 15.8 Å². The largest absolute Gasteiger partial charge is 0.341 e. The Morgan fingerprint density at radius 1 is 1.54 bits per heavy atom. The van der Waals surface area contributed by atoms with Crippen molar-refractivity contribution in [3.8, 4) is 0 Å². The average Bonchev–Trinajstić information content (AvgIpc) is 1.98. The number of carbonyl (C=O) groups excluding carboxylic acids is 1. The molecule has 1 aliphatic rings. The Morgan fingerprint density at radius 3 is 2.46 bits per heavy atom. The second kappa shape index (κ2) is 3.63. The van der Waals surface area contributed by atoms with Crippen molar-refractivity contribution >= 4 is 15.9 Å². The van der Waals surface area contributed by atoms with Gasteiger partial charge in [-0.15, -0.1) is 0 Å². The van der Waals surface area contributed by atoms with Crippen LogP contribution < -0.4 is 4.72 Å². The van der Waals surface area contributed by atoms with Gasteiger partial charge in [-0.25, -0.2) is 13.1 Å². The second-order valence-electron chi connectivity index (χ2n) is 3.37. The van der Waals surface area contributed by atoms with E-state index in [9.17, 15) is 13.2 Å². The molecule has 13 heavy (non-hydrogen) atoms. The molecule has 0 aromatic carbocycles. The van der Waals surface area contributed by atoms with Gasteiger partial charge < -0.3 is 4.90 Å². The van der Waals surface area contributed by atoms with Crippen molar-refractivity contribution in [3.05, 3.63) is 0 Å². The highest BCUT2D eigenvalue weighted by molar-refractivity contribution is 7.90. The SMILES string of the molecule is CNS(=O)(=O)CC(=O)N1CC(C)C1. The van der Waals surface area contributed by atoms with Crippen molar-refractivity contribution in [3.63, 3.8) is 0 Å². The topological polar surface area (TPSA) is 66.5 Å². The number of rotatable bonds is 3. The van der Waals surface area contributed by atoms with Crippen LogP contribution in [0, 0.1) is 5.92 Å². The lowest BCUT2D eigenvalue weighted by Crippen LogP contribution is -2.51. The van der Waals surface area contributed by atoms with Crippen molar-refractivity contribution in [2.24, 2.45) is 5.92 Å². The van der Waals surface area contributed by atoms with Crippen LogP contribution in [-0.2, 0) is 14.8 Å². The lowest BCUT2D eigenvalue weighted by molar-refractivity contribution is -0.134. The number of nitrogens with zero attached hydrogens (tertiary/aromatic N) is 1. The lowest BCUT2D eigenvalue weighted by atomic mass is 10.0. The molecule has 0 aliphatic carbocycles. The standard InChI is InChI=1S/C7H14N2O3S/c1-6-3-9(4-6)7(10)5-13(11,12)8-2/h6,8H,3-5H2,1-2H3. The quantitative estimate of drug-likeness (QED) is 0.645. The monoisotopic (exact) mass is 206 g/mol. The van der Waals surface area contributed by atoms with Crippen molar-refractivity contribution in [2.45, 2.75) is 6.92 Å². The molecule has 1 amide bonds. The summed E-state index contributed by atoms with van der Waals surface area (Å²) >= 11 is 0. The molecule has 76 valence electrons. The molecule has 0 saturated carbocycles. The van der Waals surface area contributed by atoms with Crippen LogP contribution in [0.4, 0.5) is 0 Å². The maximum atomic E-state index is 11.3. The van der Waals surface area contributed by atoms with Gasteiger partial charge in [0.25, 0.3) is 0 Å². The third-order valence-corrected chi connectivity index (χ3v) is 3.29. The van der Waals surface area contributed by atoms with Crippen molar-refractivity contribution < 1.29 is 13.2 Å². The fourth-order valence-electron chi connectivity index (χ4n) is 1.23. The fourth-order valence-corrected chi connectivity index (χ4v) is 1.88. The third kappa shape index (κ3) is 2.67. The van der Waals surface area contributed by atoms with Crippen LogP contribution in [0.3, 0.4) is 0 Å². The summed E-state index contributed by atoms with van der Waals surface area (Å²) in [6.45, 7) is 3.38. The van der Waals surface area contributed by atoms with Crippen LogP contribution in [0.15, 0.2) is 0 Å². The average molecular weight is 206 g/mol. The zero-order valence-electron chi connectivity index (χ0n) is 7.78.